The Morgan fingerprint density at radius 2 is 1.17 bits per heavy atom. The molecule has 0 aromatic heterocycles. The van der Waals surface area contributed by atoms with Gasteiger partial charge in [0, 0.05) is 25.5 Å². The van der Waals surface area contributed by atoms with Crippen molar-refractivity contribution in [1.29, 1.82) is 0 Å². The molecular weight excluding hydrogens is 224 g/mol. The lowest BCUT2D eigenvalue weighted by Gasteiger charge is -2.13. The first-order valence-electron chi connectivity index (χ1n) is 5.63. The highest BCUT2D eigenvalue weighted by Crippen LogP contribution is 2.18. The number of hydrogen-bond acceptors (Lipinski definition) is 4. The van der Waals surface area contributed by atoms with Crippen LogP contribution in [0.1, 0.15) is 0 Å². The van der Waals surface area contributed by atoms with E-state index in [1.165, 1.54) is 0 Å². The summed E-state index contributed by atoms with van der Waals surface area (Å²) in [5, 5.41) is 0. The maximum absolute atomic E-state index is 5.68. The van der Waals surface area contributed by atoms with Crippen LogP contribution in [0.3, 0.4) is 0 Å². The number of nitrogens with two attached hydrogens (primary N) is 3. The molecule has 0 saturated heterocycles. The van der Waals surface area contributed by atoms with Gasteiger partial charge in [0.05, 0.1) is 11.4 Å². The second kappa shape index (κ2) is 6.39. The fraction of sp³-hybridized carbons (Fsp3) is 0.143. The SMILES string of the molecule is CN(C)c1ccccc1N.Nc1ccc(N)cc1. The molecule has 18 heavy (non-hydrogen) atoms. The Morgan fingerprint density at radius 1 is 0.722 bits per heavy atom. The van der Waals surface area contributed by atoms with Gasteiger partial charge in [0.25, 0.3) is 0 Å². The molecular formula is C14H20N4. The molecule has 2 rings (SSSR count). The maximum atomic E-state index is 5.68. The van der Waals surface area contributed by atoms with Crippen molar-refractivity contribution in [3.63, 3.8) is 0 Å². The van der Waals surface area contributed by atoms with Crippen LogP contribution in [0.2, 0.25) is 0 Å². The van der Waals surface area contributed by atoms with E-state index in [9.17, 15) is 0 Å². The summed E-state index contributed by atoms with van der Waals surface area (Å²) in [6, 6.07) is 14.9. The molecule has 2 aromatic carbocycles. The summed E-state index contributed by atoms with van der Waals surface area (Å²) in [5.41, 5.74) is 19.8. The van der Waals surface area contributed by atoms with Crippen LogP contribution in [0.4, 0.5) is 22.7 Å². The van der Waals surface area contributed by atoms with Gasteiger partial charge in [0.15, 0.2) is 0 Å². The minimum atomic E-state index is 0.749. The summed E-state index contributed by atoms with van der Waals surface area (Å²) in [7, 11) is 3.96. The summed E-state index contributed by atoms with van der Waals surface area (Å²) in [5.74, 6) is 0. The molecule has 0 aliphatic heterocycles. The van der Waals surface area contributed by atoms with Crippen molar-refractivity contribution in [2.45, 2.75) is 0 Å². The molecule has 0 aliphatic rings. The van der Waals surface area contributed by atoms with Crippen LogP contribution >= 0.6 is 0 Å². The highest BCUT2D eigenvalue weighted by atomic mass is 15.1. The van der Waals surface area contributed by atoms with Crippen molar-refractivity contribution < 1.29 is 0 Å². The molecule has 0 atom stereocenters. The number of rotatable bonds is 1. The van der Waals surface area contributed by atoms with Gasteiger partial charge in [-0.05, 0) is 36.4 Å². The molecule has 0 saturated carbocycles. The van der Waals surface area contributed by atoms with E-state index >= 15 is 0 Å². The molecule has 0 amide bonds. The molecule has 0 heterocycles. The number of para-hydroxylation sites is 2. The molecule has 4 heteroatoms. The van der Waals surface area contributed by atoms with Gasteiger partial charge in [-0.1, -0.05) is 12.1 Å². The molecule has 2 aromatic rings. The van der Waals surface area contributed by atoms with E-state index in [1.807, 2.05) is 43.3 Å². The Kier molecular flexibility index (Phi) is 4.87. The van der Waals surface area contributed by atoms with E-state index in [1.54, 1.807) is 24.3 Å². The van der Waals surface area contributed by atoms with Crippen LogP contribution in [-0.4, -0.2) is 14.1 Å². The first kappa shape index (κ1) is 13.7. The summed E-state index contributed by atoms with van der Waals surface area (Å²) in [6.07, 6.45) is 0. The van der Waals surface area contributed by atoms with Gasteiger partial charge in [0.2, 0.25) is 0 Å². The average Bonchev–Trinajstić information content (AvgIpc) is 2.34. The molecule has 0 unspecified atom stereocenters. The van der Waals surface area contributed by atoms with Gasteiger partial charge in [-0.15, -0.1) is 0 Å². The minimum Gasteiger partial charge on any atom is -0.399 e. The molecule has 4 nitrogen and oxygen atoms in total. The van der Waals surface area contributed by atoms with Crippen molar-refractivity contribution in [2.24, 2.45) is 0 Å². The third kappa shape index (κ3) is 4.25. The first-order chi connectivity index (χ1) is 8.50. The van der Waals surface area contributed by atoms with Crippen LogP contribution in [0, 0.1) is 0 Å². The number of benzene rings is 2. The highest BCUT2D eigenvalue weighted by Gasteiger charge is 1.96. The minimum absolute atomic E-state index is 0.749. The zero-order valence-electron chi connectivity index (χ0n) is 10.8. The smallest absolute Gasteiger partial charge is 0.0594 e. The largest absolute Gasteiger partial charge is 0.399 e. The predicted molar refractivity (Wildman–Crippen MR) is 80.4 cm³/mol. The normalized spacial score (nSPS) is 9.22. The van der Waals surface area contributed by atoms with Gasteiger partial charge < -0.3 is 22.1 Å². The fourth-order valence-electron chi connectivity index (χ4n) is 1.39. The van der Waals surface area contributed by atoms with Crippen LogP contribution < -0.4 is 22.1 Å². The van der Waals surface area contributed by atoms with Gasteiger partial charge in [-0.25, -0.2) is 0 Å². The average molecular weight is 244 g/mol. The Labute approximate surface area is 108 Å². The van der Waals surface area contributed by atoms with Gasteiger partial charge in [0.1, 0.15) is 0 Å². The second-order valence-corrected chi connectivity index (χ2v) is 4.12. The standard InChI is InChI=1S/C8H12N2.C6H8N2/c1-10(2)8-6-4-3-5-7(8)9;7-5-1-2-6(8)4-3-5/h3-6H,9H2,1-2H3;1-4H,7-8H2. The van der Waals surface area contributed by atoms with Crippen molar-refractivity contribution in [3.05, 3.63) is 48.5 Å². The predicted octanol–water partition coefficient (Wildman–Crippen LogP) is 2.19. The summed E-state index contributed by atoms with van der Waals surface area (Å²) < 4.78 is 0. The maximum Gasteiger partial charge on any atom is 0.0594 e. The van der Waals surface area contributed by atoms with Crippen LogP contribution in [0.25, 0.3) is 0 Å². The van der Waals surface area contributed by atoms with E-state index in [2.05, 4.69) is 0 Å². The second-order valence-electron chi connectivity index (χ2n) is 4.12. The topological polar surface area (TPSA) is 81.3 Å². The molecule has 6 N–H and O–H groups in total. The lowest BCUT2D eigenvalue weighted by Crippen LogP contribution is -2.10. The zero-order chi connectivity index (χ0) is 13.5. The first-order valence-corrected chi connectivity index (χ1v) is 5.63. The van der Waals surface area contributed by atoms with Crippen molar-refractivity contribution in [3.8, 4) is 0 Å². The number of nitrogens with zero attached hydrogens (tertiary/aromatic N) is 1. The Hall–Kier alpha value is -2.36. The van der Waals surface area contributed by atoms with E-state index in [-0.39, 0.29) is 0 Å². The summed E-state index contributed by atoms with van der Waals surface area (Å²) >= 11 is 0. The quantitative estimate of drug-likeness (QED) is 0.672. The van der Waals surface area contributed by atoms with Crippen LogP contribution in [-0.2, 0) is 0 Å². The van der Waals surface area contributed by atoms with Crippen LogP contribution in [0.15, 0.2) is 48.5 Å². The third-order valence-electron chi connectivity index (χ3n) is 2.36. The van der Waals surface area contributed by atoms with E-state index < -0.39 is 0 Å². The molecule has 0 radical (unpaired) electrons. The number of hydrogen-bond donors (Lipinski definition) is 3. The summed E-state index contributed by atoms with van der Waals surface area (Å²) in [6.45, 7) is 0. The Balaban J connectivity index is 0.000000184. The fourth-order valence-corrected chi connectivity index (χ4v) is 1.39. The van der Waals surface area contributed by atoms with Crippen molar-refractivity contribution >= 4 is 22.7 Å². The molecule has 96 valence electrons. The van der Waals surface area contributed by atoms with E-state index in [0.717, 1.165) is 22.7 Å². The molecule has 0 bridgehead atoms. The zero-order valence-corrected chi connectivity index (χ0v) is 10.8. The molecule has 0 spiro atoms. The van der Waals surface area contributed by atoms with E-state index in [4.69, 9.17) is 17.2 Å². The van der Waals surface area contributed by atoms with Gasteiger partial charge >= 0.3 is 0 Å². The van der Waals surface area contributed by atoms with Crippen molar-refractivity contribution in [2.75, 3.05) is 36.2 Å². The summed E-state index contributed by atoms with van der Waals surface area (Å²) in [4.78, 5) is 2.00. The number of anilines is 4. The van der Waals surface area contributed by atoms with Gasteiger partial charge in [-0.2, -0.15) is 0 Å². The lowest BCUT2D eigenvalue weighted by atomic mass is 10.2. The van der Waals surface area contributed by atoms with Crippen LogP contribution in [0.5, 0.6) is 0 Å². The van der Waals surface area contributed by atoms with Gasteiger partial charge in [-0.3, -0.25) is 0 Å². The Bertz CT molecular complexity index is 456. The number of nitrogen functional groups attached to an aromatic ring is 3. The molecule has 0 aliphatic carbocycles. The molecule has 0 fully saturated rings. The lowest BCUT2D eigenvalue weighted by molar-refractivity contribution is 1.13. The Morgan fingerprint density at radius 3 is 1.50 bits per heavy atom. The monoisotopic (exact) mass is 244 g/mol. The van der Waals surface area contributed by atoms with Crippen molar-refractivity contribution in [1.82, 2.24) is 0 Å². The third-order valence-corrected chi connectivity index (χ3v) is 2.36. The van der Waals surface area contributed by atoms with E-state index in [0.29, 0.717) is 0 Å². The highest BCUT2D eigenvalue weighted by molar-refractivity contribution is 5.66.